The fourth-order valence-corrected chi connectivity index (χ4v) is 3.36. The van der Waals surface area contributed by atoms with Crippen LogP contribution in [0.2, 0.25) is 0 Å². The number of carbonyl (C=O) groups excluding carboxylic acids is 2. The summed E-state index contributed by atoms with van der Waals surface area (Å²) in [5, 5.41) is 2.94. The van der Waals surface area contributed by atoms with Crippen molar-refractivity contribution in [3.8, 4) is 0 Å². The summed E-state index contributed by atoms with van der Waals surface area (Å²) in [6, 6.07) is 21.4. The first kappa shape index (κ1) is 23.2. The Hall–Kier alpha value is -3.51. The lowest BCUT2D eigenvalue weighted by Crippen LogP contribution is -2.33. The summed E-state index contributed by atoms with van der Waals surface area (Å²) in [4.78, 5) is 31.1. The molecule has 0 saturated heterocycles. The van der Waals surface area contributed by atoms with E-state index in [2.05, 4.69) is 10.3 Å². The van der Waals surface area contributed by atoms with Gasteiger partial charge in [-0.25, -0.2) is 0 Å². The van der Waals surface area contributed by atoms with Crippen LogP contribution in [0.3, 0.4) is 0 Å². The van der Waals surface area contributed by atoms with Gasteiger partial charge in [-0.3, -0.25) is 14.6 Å². The Labute approximate surface area is 189 Å². The molecule has 0 atom stereocenters. The number of carbonyl (C=O) groups is 2. The molecule has 166 valence electrons. The second-order valence-electron chi connectivity index (χ2n) is 7.67. The topological polar surface area (TPSA) is 71.5 Å². The van der Waals surface area contributed by atoms with Gasteiger partial charge in [0.1, 0.15) is 6.61 Å². The molecule has 0 aliphatic rings. The minimum Gasteiger partial charge on any atom is -0.375 e. The van der Waals surface area contributed by atoms with Crippen molar-refractivity contribution in [1.82, 2.24) is 10.3 Å². The molecular formula is C26H29N3O3. The lowest BCUT2D eigenvalue weighted by molar-refractivity contribution is -0.122. The highest BCUT2D eigenvalue weighted by Crippen LogP contribution is 2.20. The van der Waals surface area contributed by atoms with Crippen molar-refractivity contribution >= 4 is 17.5 Å². The molecule has 0 radical (unpaired) electrons. The summed E-state index contributed by atoms with van der Waals surface area (Å²) in [5.41, 5.74) is 4.72. The molecule has 0 aliphatic heterocycles. The van der Waals surface area contributed by atoms with Crippen LogP contribution in [0.15, 0.2) is 72.9 Å². The maximum absolute atomic E-state index is 12.7. The van der Waals surface area contributed by atoms with E-state index in [1.165, 1.54) is 12.7 Å². The highest BCUT2D eigenvalue weighted by Gasteiger charge is 2.17. The zero-order valence-corrected chi connectivity index (χ0v) is 18.6. The molecule has 0 bridgehead atoms. The van der Waals surface area contributed by atoms with Crippen LogP contribution in [0.25, 0.3) is 0 Å². The van der Waals surface area contributed by atoms with Gasteiger partial charge in [-0.1, -0.05) is 48.0 Å². The first-order chi connectivity index (χ1) is 15.5. The zero-order chi connectivity index (χ0) is 22.8. The number of hydrogen-bond acceptors (Lipinski definition) is 4. The summed E-state index contributed by atoms with van der Waals surface area (Å²) in [6.45, 7) is 2.98. The number of nitrogens with one attached hydrogen (secondary N) is 1. The fraction of sp³-hybridized carbons (Fsp3) is 0.269. The van der Waals surface area contributed by atoms with Crippen molar-refractivity contribution < 1.29 is 14.3 Å². The molecule has 3 aromatic rings. The van der Waals surface area contributed by atoms with Gasteiger partial charge in [0, 0.05) is 37.7 Å². The zero-order valence-electron chi connectivity index (χ0n) is 18.6. The van der Waals surface area contributed by atoms with E-state index in [0.29, 0.717) is 19.5 Å². The summed E-state index contributed by atoms with van der Waals surface area (Å²) in [6.07, 6.45) is 2.67. The van der Waals surface area contributed by atoms with Crippen molar-refractivity contribution in [2.24, 2.45) is 0 Å². The molecule has 1 aromatic heterocycles. The van der Waals surface area contributed by atoms with Gasteiger partial charge in [-0.05, 0) is 42.3 Å². The van der Waals surface area contributed by atoms with Crippen LogP contribution < -0.4 is 10.2 Å². The monoisotopic (exact) mass is 431 g/mol. The molecule has 0 unspecified atom stereocenters. The number of nitrogens with zero attached hydrogens (tertiary/aromatic N) is 2. The van der Waals surface area contributed by atoms with Crippen molar-refractivity contribution in [2.45, 2.75) is 26.3 Å². The number of hydrogen-bond donors (Lipinski definition) is 1. The predicted octanol–water partition coefficient (Wildman–Crippen LogP) is 3.47. The third-order valence-electron chi connectivity index (χ3n) is 5.05. The average Bonchev–Trinajstić information content (AvgIpc) is 2.79. The largest absolute Gasteiger partial charge is 0.375 e. The van der Waals surface area contributed by atoms with Gasteiger partial charge in [0.2, 0.25) is 5.91 Å². The number of pyridine rings is 1. The van der Waals surface area contributed by atoms with Crippen molar-refractivity contribution in [2.75, 3.05) is 25.2 Å². The number of amides is 2. The summed E-state index contributed by atoms with van der Waals surface area (Å²) < 4.78 is 5.08. The van der Waals surface area contributed by atoms with Gasteiger partial charge >= 0.3 is 0 Å². The number of aromatic nitrogens is 1. The second kappa shape index (κ2) is 11.8. The van der Waals surface area contributed by atoms with E-state index >= 15 is 0 Å². The number of methoxy groups -OCH3 is 1. The Kier molecular flexibility index (Phi) is 8.52. The van der Waals surface area contributed by atoms with Gasteiger partial charge in [-0.15, -0.1) is 0 Å². The standard InChI is InChI=1S/C26H29N3O3/c1-20-9-11-21(12-10-20)18-29(26(31)19-32-2)24-8-5-6-22(16-24)17-25(30)28-15-13-23-7-3-4-14-27-23/h3-12,14,16H,13,15,17-19H2,1-2H3,(H,28,30). The van der Waals surface area contributed by atoms with E-state index in [-0.39, 0.29) is 24.8 Å². The summed E-state index contributed by atoms with van der Waals surface area (Å²) in [5.74, 6) is -0.198. The number of benzene rings is 2. The highest BCUT2D eigenvalue weighted by molar-refractivity contribution is 5.94. The fourth-order valence-electron chi connectivity index (χ4n) is 3.36. The van der Waals surface area contributed by atoms with Gasteiger partial charge in [-0.2, -0.15) is 0 Å². The van der Waals surface area contributed by atoms with E-state index in [1.54, 1.807) is 11.1 Å². The van der Waals surface area contributed by atoms with Crippen LogP contribution in [-0.2, 0) is 33.7 Å². The molecule has 0 aliphatic carbocycles. The smallest absolute Gasteiger partial charge is 0.253 e. The Balaban J connectivity index is 1.65. The maximum Gasteiger partial charge on any atom is 0.253 e. The van der Waals surface area contributed by atoms with Gasteiger partial charge in [0.05, 0.1) is 13.0 Å². The number of rotatable bonds is 10. The van der Waals surface area contributed by atoms with Crippen LogP contribution in [0.4, 0.5) is 5.69 Å². The number of ether oxygens (including phenoxy) is 1. The van der Waals surface area contributed by atoms with Crippen LogP contribution in [0.5, 0.6) is 0 Å². The Morgan fingerprint density at radius 1 is 1.00 bits per heavy atom. The van der Waals surface area contributed by atoms with Crippen LogP contribution >= 0.6 is 0 Å². The average molecular weight is 432 g/mol. The molecule has 2 aromatic carbocycles. The first-order valence-electron chi connectivity index (χ1n) is 10.7. The van der Waals surface area contributed by atoms with Gasteiger partial charge in [0.25, 0.3) is 5.91 Å². The van der Waals surface area contributed by atoms with Crippen LogP contribution in [0.1, 0.15) is 22.4 Å². The summed E-state index contributed by atoms with van der Waals surface area (Å²) >= 11 is 0. The lowest BCUT2D eigenvalue weighted by atomic mass is 10.1. The summed E-state index contributed by atoms with van der Waals surface area (Å²) in [7, 11) is 1.51. The first-order valence-corrected chi connectivity index (χ1v) is 10.7. The maximum atomic E-state index is 12.7. The molecular weight excluding hydrogens is 402 g/mol. The molecule has 2 amide bonds. The van der Waals surface area contributed by atoms with E-state index in [1.807, 2.05) is 73.7 Å². The molecule has 0 spiro atoms. The molecule has 1 heterocycles. The third kappa shape index (κ3) is 7.03. The molecule has 1 N–H and O–H groups in total. The molecule has 32 heavy (non-hydrogen) atoms. The van der Waals surface area contributed by atoms with Crippen molar-refractivity contribution in [1.29, 1.82) is 0 Å². The molecule has 3 rings (SSSR count). The molecule has 0 fully saturated rings. The SMILES string of the molecule is COCC(=O)N(Cc1ccc(C)cc1)c1cccc(CC(=O)NCCc2ccccn2)c1. The van der Waals surface area contributed by atoms with Gasteiger partial charge < -0.3 is 15.0 Å². The van der Waals surface area contributed by atoms with E-state index in [0.717, 1.165) is 22.5 Å². The normalized spacial score (nSPS) is 10.6. The van der Waals surface area contributed by atoms with Crippen LogP contribution in [-0.4, -0.2) is 37.1 Å². The van der Waals surface area contributed by atoms with E-state index in [9.17, 15) is 9.59 Å². The minimum absolute atomic E-state index is 0.00982. The highest BCUT2D eigenvalue weighted by atomic mass is 16.5. The Bertz CT molecular complexity index is 1020. The van der Waals surface area contributed by atoms with Gasteiger partial charge in [0.15, 0.2) is 0 Å². The third-order valence-corrected chi connectivity index (χ3v) is 5.05. The number of aryl methyl sites for hydroxylation is 1. The lowest BCUT2D eigenvalue weighted by Gasteiger charge is -2.23. The minimum atomic E-state index is -0.134. The number of anilines is 1. The van der Waals surface area contributed by atoms with E-state index < -0.39 is 0 Å². The van der Waals surface area contributed by atoms with Crippen molar-refractivity contribution in [3.05, 3.63) is 95.3 Å². The predicted molar refractivity (Wildman–Crippen MR) is 125 cm³/mol. The Morgan fingerprint density at radius 3 is 2.53 bits per heavy atom. The van der Waals surface area contributed by atoms with Crippen molar-refractivity contribution in [3.63, 3.8) is 0 Å². The molecule has 0 saturated carbocycles. The quantitative estimate of drug-likeness (QED) is 0.534. The van der Waals surface area contributed by atoms with Crippen LogP contribution in [0, 0.1) is 6.92 Å². The Morgan fingerprint density at radius 2 is 1.81 bits per heavy atom. The molecule has 6 nitrogen and oxygen atoms in total. The second-order valence-corrected chi connectivity index (χ2v) is 7.67. The molecule has 6 heteroatoms. The van der Waals surface area contributed by atoms with E-state index in [4.69, 9.17) is 4.74 Å².